The van der Waals surface area contributed by atoms with Crippen LogP contribution in [0.25, 0.3) is 6.08 Å². The minimum atomic E-state index is -0.632. The van der Waals surface area contributed by atoms with Crippen LogP contribution in [0.3, 0.4) is 0 Å². The van der Waals surface area contributed by atoms with E-state index < -0.39 is 17.8 Å². The van der Waals surface area contributed by atoms with E-state index in [0.717, 1.165) is 9.80 Å². The van der Waals surface area contributed by atoms with Gasteiger partial charge in [-0.15, -0.1) is 0 Å². The maximum atomic E-state index is 12.0. The van der Waals surface area contributed by atoms with Gasteiger partial charge in [0.1, 0.15) is 17.1 Å². The molecule has 19 heavy (non-hydrogen) atoms. The first kappa shape index (κ1) is 13.1. The largest absolute Gasteiger partial charge is 0.466 e. The van der Waals surface area contributed by atoms with Gasteiger partial charge in [-0.05, 0) is 26.0 Å². The van der Waals surface area contributed by atoms with E-state index in [-0.39, 0.29) is 5.57 Å². The standard InChI is InChI=1S/C13H14N2O4/c1-7-5-9(8(2)19-7)6-10-11(16)14(3)13(18)15(4)12(10)17/h5-6H,1-4H3. The summed E-state index contributed by atoms with van der Waals surface area (Å²) < 4.78 is 5.34. The normalized spacial score (nSPS) is 16.4. The average Bonchev–Trinajstić information content (AvgIpc) is 2.68. The third-order valence-electron chi connectivity index (χ3n) is 3.02. The predicted octanol–water partition coefficient (Wildman–Crippen LogP) is 1.33. The molecule has 0 saturated carbocycles. The van der Waals surface area contributed by atoms with Gasteiger partial charge in [-0.25, -0.2) is 4.79 Å². The van der Waals surface area contributed by atoms with Crippen LogP contribution in [-0.2, 0) is 9.59 Å². The Labute approximate surface area is 110 Å². The Kier molecular flexibility index (Phi) is 3.01. The molecule has 2 rings (SSSR count). The zero-order valence-electron chi connectivity index (χ0n) is 11.2. The summed E-state index contributed by atoms with van der Waals surface area (Å²) in [6.45, 7) is 3.52. The quantitative estimate of drug-likeness (QED) is 0.565. The van der Waals surface area contributed by atoms with Crippen molar-refractivity contribution in [3.63, 3.8) is 0 Å². The first-order chi connectivity index (χ1) is 8.82. The number of nitrogens with zero attached hydrogens (tertiary/aromatic N) is 2. The number of furan rings is 1. The van der Waals surface area contributed by atoms with Crippen LogP contribution >= 0.6 is 0 Å². The summed E-state index contributed by atoms with van der Waals surface area (Å²) in [6, 6.07) is 1.10. The smallest absolute Gasteiger partial charge is 0.333 e. The van der Waals surface area contributed by atoms with Crippen molar-refractivity contribution in [2.45, 2.75) is 13.8 Å². The number of rotatable bonds is 1. The topological polar surface area (TPSA) is 70.8 Å². The molecule has 6 nitrogen and oxygen atoms in total. The molecule has 100 valence electrons. The maximum absolute atomic E-state index is 12.0. The summed E-state index contributed by atoms with van der Waals surface area (Å²) in [7, 11) is 2.68. The number of urea groups is 1. The molecular formula is C13H14N2O4. The molecule has 0 atom stereocenters. The number of hydrogen-bond donors (Lipinski definition) is 0. The van der Waals surface area contributed by atoms with Crippen molar-refractivity contribution in [2.24, 2.45) is 0 Å². The molecule has 0 N–H and O–H groups in total. The first-order valence-corrected chi connectivity index (χ1v) is 5.71. The van der Waals surface area contributed by atoms with Gasteiger partial charge in [0.25, 0.3) is 11.8 Å². The average molecular weight is 262 g/mol. The van der Waals surface area contributed by atoms with Crippen LogP contribution in [0.1, 0.15) is 17.1 Å². The van der Waals surface area contributed by atoms with Gasteiger partial charge in [-0.2, -0.15) is 0 Å². The molecule has 1 aromatic heterocycles. The lowest BCUT2D eigenvalue weighted by atomic mass is 10.1. The van der Waals surface area contributed by atoms with Crippen LogP contribution in [0.5, 0.6) is 0 Å². The van der Waals surface area contributed by atoms with Crippen molar-refractivity contribution in [2.75, 3.05) is 14.1 Å². The minimum absolute atomic E-state index is 0.0477. The Balaban J connectivity index is 2.48. The Hall–Kier alpha value is -2.37. The molecule has 4 amide bonds. The fourth-order valence-electron chi connectivity index (χ4n) is 1.92. The molecule has 1 fully saturated rings. The number of carbonyl (C=O) groups excluding carboxylic acids is 3. The molecule has 1 aromatic rings. The lowest BCUT2D eigenvalue weighted by Crippen LogP contribution is -2.52. The number of aryl methyl sites for hydroxylation is 2. The number of imide groups is 2. The molecule has 0 unspecified atom stereocenters. The lowest BCUT2D eigenvalue weighted by Gasteiger charge is -2.28. The van der Waals surface area contributed by atoms with Crippen molar-refractivity contribution < 1.29 is 18.8 Å². The van der Waals surface area contributed by atoms with Crippen molar-refractivity contribution in [1.82, 2.24) is 9.80 Å². The van der Waals surface area contributed by atoms with E-state index in [1.54, 1.807) is 19.9 Å². The van der Waals surface area contributed by atoms with Gasteiger partial charge in [-0.1, -0.05) is 0 Å². The summed E-state index contributed by atoms with van der Waals surface area (Å²) in [4.78, 5) is 37.3. The highest BCUT2D eigenvalue weighted by Gasteiger charge is 2.37. The van der Waals surface area contributed by atoms with E-state index in [1.165, 1.54) is 20.2 Å². The molecule has 1 aliphatic heterocycles. The molecule has 0 bridgehead atoms. The van der Waals surface area contributed by atoms with Gasteiger partial charge in [0.15, 0.2) is 0 Å². The monoisotopic (exact) mass is 262 g/mol. The van der Waals surface area contributed by atoms with E-state index in [0.29, 0.717) is 17.1 Å². The number of amides is 4. The van der Waals surface area contributed by atoms with Crippen molar-refractivity contribution in [3.8, 4) is 0 Å². The van der Waals surface area contributed by atoms with Gasteiger partial charge in [0.2, 0.25) is 0 Å². The second-order valence-electron chi connectivity index (χ2n) is 4.44. The number of likely N-dealkylation sites (N-methyl/N-ethyl adjacent to an activating group) is 2. The molecule has 0 aromatic carbocycles. The van der Waals surface area contributed by atoms with Crippen LogP contribution in [-0.4, -0.2) is 41.7 Å². The highest BCUT2D eigenvalue weighted by atomic mass is 16.3. The van der Waals surface area contributed by atoms with E-state index >= 15 is 0 Å². The maximum Gasteiger partial charge on any atom is 0.333 e. The van der Waals surface area contributed by atoms with E-state index in [1.807, 2.05) is 0 Å². The summed E-state index contributed by atoms with van der Waals surface area (Å²) >= 11 is 0. The van der Waals surface area contributed by atoms with Crippen molar-refractivity contribution in [1.29, 1.82) is 0 Å². The van der Waals surface area contributed by atoms with E-state index in [9.17, 15) is 14.4 Å². The number of barbiturate groups is 1. The molecule has 2 heterocycles. The highest BCUT2D eigenvalue weighted by molar-refractivity contribution is 6.30. The zero-order valence-corrected chi connectivity index (χ0v) is 11.2. The van der Waals surface area contributed by atoms with Crippen LogP contribution in [0, 0.1) is 13.8 Å². The number of carbonyl (C=O) groups is 3. The Morgan fingerprint density at radius 1 is 1.05 bits per heavy atom. The van der Waals surface area contributed by atoms with Crippen molar-refractivity contribution >= 4 is 23.9 Å². The van der Waals surface area contributed by atoms with Crippen LogP contribution in [0.2, 0.25) is 0 Å². The third kappa shape index (κ3) is 2.05. The fourth-order valence-corrected chi connectivity index (χ4v) is 1.92. The fraction of sp³-hybridized carbons (Fsp3) is 0.308. The highest BCUT2D eigenvalue weighted by Crippen LogP contribution is 2.21. The Morgan fingerprint density at radius 2 is 1.58 bits per heavy atom. The van der Waals surface area contributed by atoms with Gasteiger partial charge in [-0.3, -0.25) is 19.4 Å². The predicted molar refractivity (Wildman–Crippen MR) is 67.1 cm³/mol. The van der Waals surface area contributed by atoms with Crippen LogP contribution < -0.4 is 0 Å². The Bertz CT molecular complexity index is 586. The van der Waals surface area contributed by atoms with Gasteiger partial charge >= 0.3 is 6.03 Å². The molecule has 6 heteroatoms. The molecule has 1 saturated heterocycles. The molecule has 0 radical (unpaired) electrons. The summed E-state index contributed by atoms with van der Waals surface area (Å²) in [5, 5.41) is 0. The third-order valence-corrected chi connectivity index (χ3v) is 3.02. The molecule has 1 aliphatic rings. The van der Waals surface area contributed by atoms with E-state index in [4.69, 9.17) is 4.42 Å². The lowest BCUT2D eigenvalue weighted by molar-refractivity contribution is -0.134. The molecule has 0 aliphatic carbocycles. The van der Waals surface area contributed by atoms with Crippen LogP contribution in [0.4, 0.5) is 4.79 Å². The van der Waals surface area contributed by atoms with Crippen molar-refractivity contribution in [3.05, 3.63) is 28.7 Å². The summed E-state index contributed by atoms with van der Waals surface area (Å²) in [6.07, 6.45) is 1.45. The summed E-state index contributed by atoms with van der Waals surface area (Å²) in [5.74, 6) is 0.100. The van der Waals surface area contributed by atoms with Gasteiger partial charge in [0, 0.05) is 19.7 Å². The second-order valence-corrected chi connectivity index (χ2v) is 4.44. The second kappa shape index (κ2) is 4.38. The first-order valence-electron chi connectivity index (χ1n) is 5.71. The molecular weight excluding hydrogens is 248 g/mol. The van der Waals surface area contributed by atoms with Crippen LogP contribution in [0.15, 0.2) is 16.1 Å². The Morgan fingerprint density at radius 3 is 2.00 bits per heavy atom. The zero-order chi connectivity index (χ0) is 14.3. The van der Waals surface area contributed by atoms with Gasteiger partial charge < -0.3 is 4.42 Å². The van der Waals surface area contributed by atoms with E-state index in [2.05, 4.69) is 0 Å². The molecule has 0 spiro atoms. The summed E-state index contributed by atoms with van der Waals surface area (Å²) in [5.41, 5.74) is 0.610. The van der Waals surface area contributed by atoms with Gasteiger partial charge in [0.05, 0.1) is 0 Å². The number of hydrogen-bond acceptors (Lipinski definition) is 4. The minimum Gasteiger partial charge on any atom is -0.466 e. The SMILES string of the molecule is Cc1cc(C=C2C(=O)N(C)C(=O)N(C)C2=O)c(C)o1.